The van der Waals surface area contributed by atoms with Crippen LogP contribution in [-0.2, 0) is 6.54 Å². The van der Waals surface area contributed by atoms with Crippen LogP contribution in [0.4, 0.5) is 0 Å². The van der Waals surface area contributed by atoms with E-state index in [1.54, 1.807) is 0 Å². The number of aryl methyl sites for hydroxylation is 1. The van der Waals surface area contributed by atoms with Gasteiger partial charge in [-0.3, -0.25) is 9.48 Å². The highest BCUT2D eigenvalue weighted by molar-refractivity contribution is 6.37. The van der Waals surface area contributed by atoms with Gasteiger partial charge in [-0.05, 0) is 13.0 Å². The Morgan fingerprint density at radius 1 is 1.42 bits per heavy atom. The lowest BCUT2D eigenvalue weighted by molar-refractivity contribution is 0.102. The highest BCUT2D eigenvalue weighted by Crippen LogP contribution is 2.25. The van der Waals surface area contributed by atoms with Gasteiger partial charge in [0.25, 0.3) is 0 Å². The van der Waals surface area contributed by atoms with Crippen molar-refractivity contribution in [3.05, 3.63) is 39.9 Å². The standard InChI is InChI=1S/C12H11Cl2N3O2/c1-3-17-11(9(19-2)6-16-17)12(18)10-8(14)4-7(13)5-15-10/h4-6H,3H2,1-2H3. The summed E-state index contributed by atoms with van der Waals surface area (Å²) >= 11 is 11.8. The molecule has 5 nitrogen and oxygen atoms in total. The SMILES string of the molecule is CCn1ncc(OC)c1C(=O)c1ncc(Cl)cc1Cl. The number of carbonyl (C=O) groups is 1. The molecule has 0 unspecified atom stereocenters. The number of aromatic nitrogens is 3. The van der Waals surface area contributed by atoms with Crippen molar-refractivity contribution in [1.82, 2.24) is 14.8 Å². The van der Waals surface area contributed by atoms with Gasteiger partial charge in [0.05, 0.1) is 23.4 Å². The van der Waals surface area contributed by atoms with Crippen LogP contribution in [0.1, 0.15) is 23.1 Å². The van der Waals surface area contributed by atoms with E-state index in [-0.39, 0.29) is 16.5 Å². The maximum absolute atomic E-state index is 12.5. The molecule has 0 fully saturated rings. The molecule has 2 heterocycles. The molecule has 0 aliphatic carbocycles. The van der Waals surface area contributed by atoms with Crippen LogP contribution < -0.4 is 4.74 Å². The summed E-state index contributed by atoms with van der Waals surface area (Å²) in [6.07, 6.45) is 2.86. The van der Waals surface area contributed by atoms with E-state index in [0.717, 1.165) is 0 Å². The number of ketones is 1. The van der Waals surface area contributed by atoms with Gasteiger partial charge in [0.15, 0.2) is 11.4 Å². The lowest BCUT2D eigenvalue weighted by atomic mass is 10.2. The first kappa shape index (κ1) is 13.8. The molecule has 19 heavy (non-hydrogen) atoms. The van der Waals surface area contributed by atoms with Gasteiger partial charge in [-0.2, -0.15) is 5.10 Å². The molecule has 0 bridgehead atoms. The zero-order chi connectivity index (χ0) is 14.0. The number of methoxy groups -OCH3 is 1. The summed E-state index contributed by atoms with van der Waals surface area (Å²) in [7, 11) is 1.48. The number of nitrogens with zero attached hydrogens (tertiary/aromatic N) is 3. The third kappa shape index (κ3) is 2.57. The van der Waals surface area contributed by atoms with Crippen molar-refractivity contribution in [2.24, 2.45) is 0 Å². The summed E-state index contributed by atoms with van der Waals surface area (Å²) in [6, 6.07) is 1.47. The lowest BCUT2D eigenvalue weighted by Gasteiger charge is -2.07. The topological polar surface area (TPSA) is 57.0 Å². The van der Waals surface area contributed by atoms with E-state index in [0.29, 0.717) is 23.0 Å². The Balaban J connectivity index is 2.52. The first-order valence-electron chi connectivity index (χ1n) is 5.54. The zero-order valence-electron chi connectivity index (χ0n) is 10.4. The highest BCUT2D eigenvalue weighted by Gasteiger charge is 2.23. The van der Waals surface area contributed by atoms with Crippen LogP contribution in [0.5, 0.6) is 5.75 Å². The van der Waals surface area contributed by atoms with Gasteiger partial charge in [0.1, 0.15) is 5.69 Å². The Morgan fingerprint density at radius 2 is 2.16 bits per heavy atom. The van der Waals surface area contributed by atoms with Crippen molar-refractivity contribution in [3.63, 3.8) is 0 Å². The molecule has 0 aliphatic rings. The Morgan fingerprint density at radius 3 is 2.74 bits per heavy atom. The van der Waals surface area contributed by atoms with E-state index in [1.165, 1.54) is 30.3 Å². The van der Waals surface area contributed by atoms with Gasteiger partial charge in [0, 0.05) is 12.7 Å². The fourth-order valence-electron chi connectivity index (χ4n) is 1.68. The number of hydrogen-bond donors (Lipinski definition) is 0. The Bertz CT molecular complexity index is 604. The number of halogens is 2. The third-order valence-electron chi connectivity index (χ3n) is 2.56. The molecule has 2 aromatic rings. The predicted molar refractivity (Wildman–Crippen MR) is 72.1 cm³/mol. The number of carbonyl (C=O) groups excluding carboxylic acids is 1. The number of hydrogen-bond acceptors (Lipinski definition) is 4. The molecule has 0 aromatic carbocycles. The summed E-state index contributed by atoms with van der Waals surface area (Å²) in [4.78, 5) is 16.4. The fourth-order valence-corrected chi connectivity index (χ4v) is 2.15. The summed E-state index contributed by atoms with van der Waals surface area (Å²) in [5, 5.41) is 4.64. The van der Waals surface area contributed by atoms with Gasteiger partial charge >= 0.3 is 0 Å². The van der Waals surface area contributed by atoms with E-state index in [2.05, 4.69) is 10.1 Å². The monoisotopic (exact) mass is 299 g/mol. The molecule has 0 N–H and O–H groups in total. The van der Waals surface area contributed by atoms with Crippen molar-refractivity contribution in [1.29, 1.82) is 0 Å². The summed E-state index contributed by atoms with van der Waals surface area (Å²) < 4.78 is 6.67. The maximum atomic E-state index is 12.5. The van der Waals surface area contributed by atoms with E-state index in [1.807, 2.05) is 6.92 Å². The van der Waals surface area contributed by atoms with Gasteiger partial charge in [-0.1, -0.05) is 23.2 Å². The Labute approximate surface area is 120 Å². The van der Waals surface area contributed by atoms with Crippen LogP contribution in [0.3, 0.4) is 0 Å². The predicted octanol–water partition coefficient (Wildman–Crippen LogP) is 2.84. The molecule has 0 saturated carbocycles. The number of rotatable bonds is 4. The molecule has 0 spiro atoms. The molecule has 0 amide bonds. The van der Waals surface area contributed by atoms with Crippen molar-refractivity contribution >= 4 is 29.0 Å². The van der Waals surface area contributed by atoms with E-state index >= 15 is 0 Å². The number of pyridine rings is 1. The molecule has 0 saturated heterocycles. The van der Waals surface area contributed by atoms with Crippen LogP contribution in [0.2, 0.25) is 10.0 Å². The highest BCUT2D eigenvalue weighted by atomic mass is 35.5. The maximum Gasteiger partial charge on any atom is 0.234 e. The Hall–Kier alpha value is -1.59. The second-order valence-corrected chi connectivity index (χ2v) is 4.53. The van der Waals surface area contributed by atoms with Crippen LogP contribution in [0.25, 0.3) is 0 Å². The minimum absolute atomic E-state index is 0.125. The van der Waals surface area contributed by atoms with Gasteiger partial charge in [-0.25, -0.2) is 4.98 Å². The smallest absolute Gasteiger partial charge is 0.234 e. The Kier molecular flexibility index (Phi) is 4.07. The van der Waals surface area contributed by atoms with Crippen LogP contribution >= 0.6 is 23.2 Å². The van der Waals surface area contributed by atoms with E-state index < -0.39 is 0 Å². The molecule has 2 rings (SSSR count). The van der Waals surface area contributed by atoms with Crippen molar-refractivity contribution in [2.45, 2.75) is 13.5 Å². The molecule has 7 heteroatoms. The quantitative estimate of drug-likeness (QED) is 0.815. The van der Waals surface area contributed by atoms with Crippen molar-refractivity contribution in [3.8, 4) is 5.75 Å². The van der Waals surface area contributed by atoms with Gasteiger partial charge in [-0.15, -0.1) is 0 Å². The first-order chi connectivity index (χ1) is 9.08. The summed E-state index contributed by atoms with van der Waals surface area (Å²) in [6.45, 7) is 2.41. The molecule has 0 radical (unpaired) electrons. The first-order valence-corrected chi connectivity index (χ1v) is 6.29. The average molecular weight is 300 g/mol. The molecule has 0 atom stereocenters. The fraction of sp³-hybridized carbons (Fsp3) is 0.250. The average Bonchev–Trinajstić information content (AvgIpc) is 2.80. The number of ether oxygens (including phenoxy) is 1. The molecule has 100 valence electrons. The van der Waals surface area contributed by atoms with Crippen molar-refractivity contribution < 1.29 is 9.53 Å². The molecular formula is C12H11Cl2N3O2. The molecular weight excluding hydrogens is 289 g/mol. The van der Waals surface area contributed by atoms with E-state index in [9.17, 15) is 4.79 Å². The largest absolute Gasteiger partial charge is 0.493 e. The zero-order valence-corrected chi connectivity index (χ0v) is 11.9. The van der Waals surface area contributed by atoms with Gasteiger partial charge in [0.2, 0.25) is 5.78 Å². The van der Waals surface area contributed by atoms with Crippen LogP contribution in [0.15, 0.2) is 18.5 Å². The molecule has 2 aromatic heterocycles. The van der Waals surface area contributed by atoms with Crippen molar-refractivity contribution in [2.75, 3.05) is 7.11 Å². The molecule has 0 aliphatic heterocycles. The second-order valence-electron chi connectivity index (χ2n) is 3.69. The second kappa shape index (κ2) is 5.59. The third-order valence-corrected chi connectivity index (χ3v) is 3.06. The van der Waals surface area contributed by atoms with Crippen LogP contribution in [0, 0.1) is 0 Å². The normalized spacial score (nSPS) is 10.5. The van der Waals surface area contributed by atoms with Crippen LogP contribution in [-0.4, -0.2) is 27.7 Å². The minimum atomic E-state index is -0.349. The summed E-state index contributed by atoms with van der Waals surface area (Å²) in [5.41, 5.74) is 0.446. The van der Waals surface area contributed by atoms with Gasteiger partial charge < -0.3 is 4.74 Å². The lowest BCUT2D eigenvalue weighted by Crippen LogP contribution is -2.13. The van der Waals surface area contributed by atoms with E-state index in [4.69, 9.17) is 27.9 Å². The minimum Gasteiger partial charge on any atom is -0.493 e. The summed E-state index contributed by atoms with van der Waals surface area (Å²) in [5.74, 6) is 0.0394.